The van der Waals surface area contributed by atoms with E-state index in [4.69, 9.17) is 0 Å². The molecule has 0 aromatic heterocycles. The molecule has 0 aliphatic carbocycles. The number of likely N-dealkylation sites (N-methyl/N-ethyl adjacent to an activating group) is 1. The number of nitrogens with one attached hydrogen (secondary N) is 3. The highest BCUT2D eigenvalue weighted by Crippen LogP contribution is 2.20. The number of fused-ring (bicyclic) bond motifs is 1. The second-order valence-electron chi connectivity index (χ2n) is 7.47. The van der Waals surface area contributed by atoms with E-state index in [0.717, 1.165) is 17.2 Å². The van der Waals surface area contributed by atoms with Crippen LogP contribution in [0.3, 0.4) is 0 Å². The second-order valence-corrected chi connectivity index (χ2v) is 7.47. The third-order valence-corrected chi connectivity index (χ3v) is 5.48. The molecule has 154 valence electrons. The van der Waals surface area contributed by atoms with Crippen LogP contribution in [-0.4, -0.2) is 54.3 Å². The lowest BCUT2D eigenvalue weighted by molar-refractivity contribution is -0.144. The molecule has 1 fully saturated rings. The molecule has 2 aromatic rings. The van der Waals surface area contributed by atoms with Gasteiger partial charge in [0, 0.05) is 12.2 Å². The first-order valence-electron chi connectivity index (χ1n) is 9.98. The number of hydrogen-bond acceptors (Lipinski definition) is 4. The zero-order valence-electron chi connectivity index (χ0n) is 17.1. The molecule has 3 rings (SSSR count). The molecule has 7 nitrogen and oxygen atoms in total. The number of benzene rings is 2. The van der Waals surface area contributed by atoms with E-state index in [9.17, 15) is 14.4 Å². The molecule has 0 saturated carbocycles. The van der Waals surface area contributed by atoms with Crippen molar-refractivity contribution in [3.05, 3.63) is 42.5 Å². The highest BCUT2D eigenvalue weighted by molar-refractivity contribution is 6.00. The first-order chi connectivity index (χ1) is 13.9. The zero-order valence-corrected chi connectivity index (χ0v) is 17.1. The fraction of sp³-hybridized carbons (Fsp3) is 0.409. The fourth-order valence-corrected chi connectivity index (χ4v) is 3.50. The Labute approximate surface area is 170 Å². The minimum atomic E-state index is -0.629. The Morgan fingerprint density at radius 1 is 1.07 bits per heavy atom. The van der Waals surface area contributed by atoms with Crippen LogP contribution in [0.4, 0.5) is 5.69 Å². The van der Waals surface area contributed by atoms with E-state index in [1.54, 1.807) is 25.8 Å². The Bertz CT molecular complexity index is 914. The van der Waals surface area contributed by atoms with Crippen LogP contribution in [0, 0.1) is 0 Å². The molecular formula is C22H28N4O3. The van der Waals surface area contributed by atoms with Crippen molar-refractivity contribution < 1.29 is 14.4 Å². The van der Waals surface area contributed by atoms with Crippen LogP contribution in [0.5, 0.6) is 0 Å². The summed E-state index contributed by atoms with van der Waals surface area (Å²) < 4.78 is 0. The highest BCUT2D eigenvalue weighted by Gasteiger charge is 2.35. The third kappa shape index (κ3) is 4.74. The first kappa shape index (κ1) is 20.8. The summed E-state index contributed by atoms with van der Waals surface area (Å²) >= 11 is 0. The lowest BCUT2D eigenvalue weighted by Crippen LogP contribution is -2.58. The van der Waals surface area contributed by atoms with Crippen LogP contribution in [0.1, 0.15) is 26.7 Å². The van der Waals surface area contributed by atoms with Gasteiger partial charge in [-0.3, -0.25) is 14.4 Å². The normalized spacial score (nSPS) is 18.9. The van der Waals surface area contributed by atoms with Gasteiger partial charge in [-0.25, -0.2) is 0 Å². The van der Waals surface area contributed by atoms with Gasteiger partial charge >= 0.3 is 0 Å². The van der Waals surface area contributed by atoms with Crippen LogP contribution in [0.15, 0.2) is 42.5 Å². The summed E-state index contributed by atoms with van der Waals surface area (Å²) in [5, 5.41) is 10.7. The van der Waals surface area contributed by atoms with Crippen molar-refractivity contribution in [3.8, 4) is 0 Å². The van der Waals surface area contributed by atoms with Gasteiger partial charge in [-0.15, -0.1) is 0 Å². The topological polar surface area (TPSA) is 90.5 Å². The molecule has 3 N–H and O–H groups in total. The minimum absolute atomic E-state index is 0.214. The summed E-state index contributed by atoms with van der Waals surface area (Å²) in [4.78, 5) is 39.3. The van der Waals surface area contributed by atoms with E-state index < -0.39 is 12.1 Å². The van der Waals surface area contributed by atoms with Crippen LogP contribution in [0.25, 0.3) is 10.8 Å². The van der Waals surface area contributed by atoms with Gasteiger partial charge in [0.25, 0.3) is 0 Å². The Hall–Kier alpha value is -2.93. The Kier molecular flexibility index (Phi) is 6.49. The van der Waals surface area contributed by atoms with Crippen molar-refractivity contribution in [2.45, 2.75) is 44.8 Å². The smallest absolute Gasteiger partial charge is 0.246 e. The van der Waals surface area contributed by atoms with Crippen molar-refractivity contribution in [2.24, 2.45) is 0 Å². The maximum Gasteiger partial charge on any atom is 0.246 e. The lowest BCUT2D eigenvalue weighted by Gasteiger charge is -2.36. The summed E-state index contributed by atoms with van der Waals surface area (Å²) in [7, 11) is 1.69. The van der Waals surface area contributed by atoms with E-state index >= 15 is 0 Å². The van der Waals surface area contributed by atoms with Gasteiger partial charge in [-0.05, 0) is 56.6 Å². The van der Waals surface area contributed by atoms with Gasteiger partial charge in [0.05, 0.1) is 6.04 Å². The molecule has 1 unspecified atom stereocenters. The number of hydrogen-bond donors (Lipinski definition) is 3. The van der Waals surface area contributed by atoms with Gasteiger partial charge < -0.3 is 20.9 Å². The Morgan fingerprint density at radius 3 is 2.52 bits per heavy atom. The molecule has 0 radical (unpaired) electrons. The number of rotatable bonds is 6. The van der Waals surface area contributed by atoms with E-state index in [-0.39, 0.29) is 23.8 Å². The van der Waals surface area contributed by atoms with Crippen molar-refractivity contribution >= 4 is 34.2 Å². The van der Waals surface area contributed by atoms with Crippen molar-refractivity contribution in [1.82, 2.24) is 15.5 Å². The van der Waals surface area contributed by atoms with Gasteiger partial charge in [0.2, 0.25) is 17.7 Å². The SMILES string of the molecule is CN[C@@H](C)C(=O)NC1CCCN([C@@H](C)C(=O)Nc2ccc3ccccc3c2)C1=O. The first-order valence-corrected chi connectivity index (χ1v) is 9.98. The predicted molar refractivity (Wildman–Crippen MR) is 113 cm³/mol. The maximum absolute atomic E-state index is 12.9. The number of amides is 3. The van der Waals surface area contributed by atoms with Gasteiger partial charge in [0.15, 0.2) is 0 Å². The molecular weight excluding hydrogens is 368 g/mol. The predicted octanol–water partition coefficient (Wildman–Crippen LogP) is 1.88. The molecule has 29 heavy (non-hydrogen) atoms. The largest absolute Gasteiger partial charge is 0.343 e. The average molecular weight is 396 g/mol. The van der Waals surface area contributed by atoms with E-state index in [0.29, 0.717) is 18.7 Å². The molecule has 3 amide bonds. The summed E-state index contributed by atoms with van der Waals surface area (Å²) in [6.45, 7) is 3.95. The number of anilines is 1. The highest BCUT2D eigenvalue weighted by atomic mass is 16.2. The second kappa shape index (κ2) is 9.05. The molecule has 0 bridgehead atoms. The van der Waals surface area contributed by atoms with E-state index in [1.807, 2.05) is 42.5 Å². The third-order valence-electron chi connectivity index (χ3n) is 5.48. The van der Waals surface area contributed by atoms with Gasteiger partial charge in [-0.1, -0.05) is 30.3 Å². The van der Waals surface area contributed by atoms with Crippen LogP contribution in [0.2, 0.25) is 0 Å². The minimum Gasteiger partial charge on any atom is -0.343 e. The van der Waals surface area contributed by atoms with Crippen molar-refractivity contribution in [3.63, 3.8) is 0 Å². The number of likely N-dealkylation sites (tertiary alicyclic amines) is 1. The molecule has 3 atom stereocenters. The monoisotopic (exact) mass is 396 g/mol. The maximum atomic E-state index is 12.9. The summed E-state index contributed by atoms with van der Waals surface area (Å²) in [6.07, 6.45) is 1.31. The number of carbonyl (C=O) groups is 3. The standard InChI is InChI=1S/C22H28N4O3/c1-14(23-3)20(27)25-19-9-6-12-26(22(19)29)15(2)21(28)24-18-11-10-16-7-4-5-8-17(16)13-18/h4-5,7-8,10-11,13-15,19,23H,6,9,12H2,1-3H3,(H,24,28)(H,25,27)/t14-,15-,19?/m0/s1. The lowest BCUT2D eigenvalue weighted by atomic mass is 10.0. The molecule has 1 heterocycles. The van der Waals surface area contributed by atoms with E-state index in [2.05, 4.69) is 16.0 Å². The Balaban J connectivity index is 1.66. The van der Waals surface area contributed by atoms with Crippen LogP contribution < -0.4 is 16.0 Å². The number of piperidine rings is 1. The quantitative estimate of drug-likeness (QED) is 0.695. The number of nitrogens with zero attached hydrogens (tertiary/aromatic N) is 1. The average Bonchev–Trinajstić information content (AvgIpc) is 2.73. The molecule has 1 saturated heterocycles. The van der Waals surface area contributed by atoms with Gasteiger partial charge in [0.1, 0.15) is 12.1 Å². The van der Waals surface area contributed by atoms with E-state index in [1.165, 1.54) is 0 Å². The summed E-state index contributed by atoms with van der Waals surface area (Å²) in [5.74, 6) is -0.681. The summed E-state index contributed by atoms with van der Waals surface area (Å²) in [6, 6.07) is 12.0. The molecule has 2 aromatic carbocycles. The molecule has 1 aliphatic heterocycles. The molecule has 1 aliphatic rings. The van der Waals surface area contributed by atoms with Crippen molar-refractivity contribution in [1.29, 1.82) is 0 Å². The van der Waals surface area contributed by atoms with Crippen molar-refractivity contribution in [2.75, 3.05) is 18.9 Å². The summed E-state index contributed by atoms with van der Waals surface area (Å²) in [5.41, 5.74) is 0.692. The molecule has 0 spiro atoms. The van der Waals surface area contributed by atoms with Crippen LogP contribution >= 0.6 is 0 Å². The Morgan fingerprint density at radius 2 is 1.79 bits per heavy atom. The van der Waals surface area contributed by atoms with Gasteiger partial charge in [-0.2, -0.15) is 0 Å². The number of carbonyl (C=O) groups excluding carboxylic acids is 3. The van der Waals surface area contributed by atoms with Crippen LogP contribution in [-0.2, 0) is 14.4 Å². The molecule has 7 heteroatoms. The fourth-order valence-electron chi connectivity index (χ4n) is 3.50. The zero-order chi connectivity index (χ0) is 21.0.